The molecule has 3 atom stereocenters. The van der Waals surface area contributed by atoms with Crippen molar-refractivity contribution < 1.29 is 13.3 Å². The molecule has 0 heterocycles. The highest BCUT2D eigenvalue weighted by atomic mass is 32.2. The van der Waals surface area contributed by atoms with Gasteiger partial charge in [-0.3, -0.25) is 4.21 Å². The molecule has 1 aromatic carbocycles. The maximum absolute atomic E-state index is 13.0. The molecule has 0 bridgehead atoms. The van der Waals surface area contributed by atoms with E-state index in [1.165, 1.54) is 18.2 Å². The van der Waals surface area contributed by atoms with Gasteiger partial charge in [-0.2, -0.15) is 0 Å². The third kappa shape index (κ3) is 2.90. The number of benzene rings is 1. The number of hydrogen-bond donors (Lipinski definition) is 1. The number of nitrogen functional groups attached to an aromatic ring is 1. The molecule has 3 unspecified atom stereocenters. The first-order valence-corrected chi connectivity index (χ1v) is 7.31. The first kappa shape index (κ1) is 13.5. The summed E-state index contributed by atoms with van der Waals surface area (Å²) in [5.74, 6) is -0.397. The van der Waals surface area contributed by atoms with Gasteiger partial charge in [0, 0.05) is 12.4 Å². The van der Waals surface area contributed by atoms with Crippen LogP contribution in [0.4, 0.5) is 10.1 Å². The lowest BCUT2D eigenvalue weighted by Crippen LogP contribution is -2.28. The van der Waals surface area contributed by atoms with Crippen molar-refractivity contribution in [2.75, 3.05) is 12.8 Å². The normalized spacial score (nSPS) is 25.9. The quantitative estimate of drug-likeness (QED) is 0.859. The van der Waals surface area contributed by atoms with Gasteiger partial charge in [-0.05, 0) is 43.9 Å². The third-order valence-corrected chi connectivity index (χ3v) is 5.24. The van der Waals surface area contributed by atoms with E-state index in [0.717, 1.165) is 25.7 Å². The molecule has 1 aliphatic carbocycles. The number of methoxy groups -OCH3 is 1. The first-order valence-electron chi connectivity index (χ1n) is 6.10. The van der Waals surface area contributed by atoms with Crippen LogP contribution in [0.15, 0.2) is 23.1 Å². The molecule has 1 fully saturated rings. The van der Waals surface area contributed by atoms with Crippen LogP contribution in [0.25, 0.3) is 0 Å². The number of nitrogens with two attached hydrogens (primary N) is 1. The Hall–Kier alpha value is -0.940. The summed E-state index contributed by atoms with van der Waals surface area (Å²) in [6, 6.07) is 4.06. The lowest BCUT2D eigenvalue weighted by atomic mass is 9.97. The first-order chi connectivity index (χ1) is 8.61. The van der Waals surface area contributed by atoms with E-state index in [-0.39, 0.29) is 17.0 Å². The van der Waals surface area contributed by atoms with E-state index < -0.39 is 16.6 Å². The zero-order valence-corrected chi connectivity index (χ0v) is 11.2. The summed E-state index contributed by atoms with van der Waals surface area (Å²) in [6.07, 6.45) is 3.89. The van der Waals surface area contributed by atoms with Crippen molar-refractivity contribution in [2.45, 2.75) is 41.9 Å². The Labute approximate surface area is 109 Å². The van der Waals surface area contributed by atoms with Gasteiger partial charge in [0.25, 0.3) is 0 Å². The predicted octanol–water partition coefficient (Wildman–Crippen LogP) is 2.47. The molecule has 0 spiro atoms. The highest BCUT2D eigenvalue weighted by molar-refractivity contribution is 7.85. The lowest BCUT2D eigenvalue weighted by Gasteiger charge is -2.27. The average molecular weight is 271 g/mol. The SMILES string of the molecule is COC1CCCC(S(=O)c2ccc(F)cc2N)C1. The number of halogens is 1. The molecule has 2 N–H and O–H groups in total. The van der Waals surface area contributed by atoms with E-state index in [1.54, 1.807) is 7.11 Å². The van der Waals surface area contributed by atoms with Crippen LogP contribution < -0.4 is 5.73 Å². The van der Waals surface area contributed by atoms with E-state index in [0.29, 0.717) is 4.90 Å². The molecule has 2 rings (SSSR count). The number of hydrogen-bond acceptors (Lipinski definition) is 3. The second-order valence-corrected chi connectivity index (χ2v) is 6.33. The molecular formula is C13H18FNO2S. The molecule has 1 saturated carbocycles. The summed E-state index contributed by atoms with van der Waals surface area (Å²) in [4.78, 5) is 0.540. The van der Waals surface area contributed by atoms with E-state index in [4.69, 9.17) is 10.5 Å². The molecule has 0 saturated heterocycles. The Balaban J connectivity index is 2.15. The maximum atomic E-state index is 13.0. The van der Waals surface area contributed by atoms with Crippen LogP contribution in [-0.2, 0) is 15.5 Å². The van der Waals surface area contributed by atoms with Gasteiger partial charge in [0.1, 0.15) is 5.82 Å². The fourth-order valence-corrected chi connectivity index (χ4v) is 4.02. The van der Waals surface area contributed by atoms with E-state index in [1.807, 2.05) is 0 Å². The standard InChI is InChI=1S/C13H18FNO2S/c1-17-10-3-2-4-11(8-10)18(16)13-6-5-9(14)7-12(13)15/h5-7,10-11H,2-4,8,15H2,1H3. The Morgan fingerprint density at radius 1 is 1.44 bits per heavy atom. The molecule has 5 heteroatoms. The van der Waals surface area contributed by atoms with Gasteiger partial charge in [-0.15, -0.1) is 0 Å². The van der Waals surface area contributed by atoms with Crippen LogP contribution in [0.1, 0.15) is 25.7 Å². The lowest BCUT2D eigenvalue weighted by molar-refractivity contribution is 0.0725. The summed E-state index contributed by atoms with van der Waals surface area (Å²) in [5, 5.41) is 0.0523. The minimum absolute atomic E-state index is 0.0523. The molecule has 0 amide bonds. The summed E-state index contributed by atoms with van der Waals surface area (Å²) >= 11 is 0. The van der Waals surface area contributed by atoms with Crippen LogP contribution in [0.2, 0.25) is 0 Å². The summed E-state index contributed by atoms with van der Waals surface area (Å²) in [5.41, 5.74) is 6.00. The number of ether oxygens (including phenoxy) is 1. The smallest absolute Gasteiger partial charge is 0.125 e. The summed E-state index contributed by atoms with van der Waals surface area (Å²) in [7, 11) is 0.499. The highest BCUT2D eigenvalue weighted by Crippen LogP contribution is 2.29. The second-order valence-electron chi connectivity index (χ2n) is 4.63. The average Bonchev–Trinajstić information content (AvgIpc) is 2.38. The summed E-state index contributed by atoms with van der Waals surface area (Å²) < 4.78 is 30.7. The summed E-state index contributed by atoms with van der Waals surface area (Å²) in [6.45, 7) is 0. The Morgan fingerprint density at radius 3 is 2.89 bits per heavy atom. The highest BCUT2D eigenvalue weighted by Gasteiger charge is 2.27. The molecule has 0 aliphatic heterocycles. The monoisotopic (exact) mass is 271 g/mol. The molecule has 1 aromatic rings. The topological polar surface area (TPSA) is 52.3 Å². The van der Waals surface area contributed by atoms with Crippen molar-refractivity contribution in [1.82, 2.24) is 0 Å². The van der Waals surface area contributed by atoms with Crippen molar-refractivity contribution in [3.63, 3.8) is 0 Å². The van der Waals surface area contributed by atoms with E-state index in [9.17, 15) is 8.60 Å². The zero-order chi connectivity index (χ0) is 13.1. The van der Waals surface area contributed by atoms with Crippen molar-refractivity contribution >= 4 is 16.5 Å². The second kappa shape index (κ2) is 5.80. The predicted molar refractivity (Wildman–Crippen MR) is 70.3 cm³/mol. The van der Waals surface area contributed by atoms with E-state index in [2.05, 4.69) is 0 Å². The molecule has 18 heavy (non-hydrogen) atoms. The molecule has 3 nitrogen and oxygen atoms in total. The number of anilines is 1. The fraction of sp³-hybridized carbons (Fsp3) is 0.538. The van der Waals surface area contributed by atoms with Gasteiger partial charge in [-0.1, -0.05) is 0 Å². The molecular weight excluding hydrogens is 253 g/mol. The van der Waals surface area contributed by atoms with Crippen LogP contribution in [0.3, 0.4) is 0 Å². The van der Waals surface area contributed by atoms with Crippen LogP contribution >= 0.6 is 0 Å². The third-order valence-electron chi connectivity index (χ3n) is 3.40. The van der Waals surface area contributed by atoms with Crippen LogP contribution in [-0.4, -0.2) is 22.7 Å². The Kier molecular flexibility index (Phi) is 4.35. The van der Waals surface area contributed by atoms with Gasteiger partial charge in [0.05, 0.1) is 27.5 Å². The minimum Gasteiger partial charge on any atom is -0.398 e. The van der Waals surface area contributed by atoms with Gasteiger partial charge in [0.2, 0.25) is 0 Å². The molecule has 100 valence electrons. The Bertz CT molecular complexity index is 453. The van der Waals surface area contributed by atoms with Crippen molar-refractivity contribution in [2.24, 2.45) is 0 Å². The van der Waals surface area contributed by atoms with Gasteiger partial charge < -0.3 is 10.5 Å². The van der Waals surface area contributed by atoms with Gasteiger partial charge in [-0.25, -0.2) is 4.39 Å². The molecule has 0 radical (unpaired) electrons. The van der Waals surface area contributed by atoms with Crippen molar-refractivity contribution in [3.8, 4) is 0 Å². The van der Waals surface area contributed by atoms with Crippen LogP contribution in [0.5, 0.6) is 0 Å². The fourth-order valence-electron chi connectivity index (χ4n) is 2.39. The minimum atomic E-state index is -1.18. The maximum Gasteiger partial charge on any atom is 0.125 e. The largest absolute Gasteiger partial charge is 0.398 e. The van der Waals surface area contributed by atoms with Crippen molar-refractivity contribution in [3.05, 3.63) is 24.0 Å². The zero-order valence-electron chi connectivity index (χ0n) is 10.4. The van der Waals surface area contributed by atoms with E-state index >= 15 is 0 Å². The van der Waals surface area contributed by atoms with Gasteiger partial charge >= 0.3 is 0 Å². The van der Waals surface area contributed by atoms with Crippen LogP contribution in [0, 0.1) is 5.82 Å². The molecule has 0 aromatic heterocycles. The van der Waals surface area contributed by atoms with Gasteiger partial charge in [0.15, 0.2) is 0 Å². The Morgan fingerprint density at radius 2 is 2.22 bits per heavy atom. The molecule has 1 aliphatic rings. The van der Waals surface area contributed by atoms with Crippen molar-refractivity contribution in [1.29, 1.82) is 0 Å². The number of rotatable bonds is 3.